The Morgan fingerprint density at radius 3 is 1.58 bits per heavy atom. The summed E-state index contributed by atoms with van der Waals surface area (Å²) in [4.78, 5) is 16.4. The monoisotopic (exact) mass is 905 g/mol. The summed E-state index contributed by atoms with van der Waals surface area (Å²) in [5.41, 5.74) is 12.8. The summed E-state index contributed by atoms with van der Waals surface area (Å²) in [6, 6.07) is 83.9. The van der Waals surface area contributed by atoms with E-state index in [1.54, 1.807) is 0 Å². The SMILES string of the molecule is c1ccc(-c2cccc(-c3nc(-c4cc(-n5c6cc7ccccc7cc6c6cc7ccccc7cc65)c5c(c4)oc4ccccc45)nc(-c4cccc5c4c4ccccc4n5-c4ccccc4)n3)c2)cc1. The Bertz CT molecular complexity index is 4550. The molecule has 0 aliphatic rings. The Morgan fingerprint density at radius 1 is 0.296 bits per heavy atom. The molecule has 0 saturated heterocycles. The number of benzene rings is 11. The third kappa shape index (κ3) is 6.18. The van der Waals surface area contributed by atoms with E-state index in [1.807, 2.05) is 12.1 Å². The molecule has 0 radical (unpaired) electrons. The van der Waals surface area contributed by atoms with E-state index >= 15 is 0 Å². The molecular formula is C65H39N5O. The number of hydrogen-bond donors (Lipinski definition) is 0. The van der Waals surface area contributed by atoms with Crippen molar-refractivity contribution in [3.8, 4) is 56.7 Å². The van der Waals surface area contributed by atoms with E-state index < -0.39 is 0 Å². The van der Waals surface area contributed by atoms with Gasteiger partial charge < -0.3 is 13.6 Å². The van der Waals surface area contributed by atoms with Crippen LogP contribution in [0.25, 0.3) is 144 Å². The Labute approximate surface area is 407 Å². The summed E-state index contributed by atoms with van der Waals surface area (Å²) in [5.74, 6) is 1.70. The van der Waals surface area contributed by atoms with Crippen molar-refractivity contribution in [2.45, 2.75) is 0 Å². The lowest BCUT2D eigenvalue weighted by atomic mass is 10.0. The number of aromatic nitrogens is 5. The topological polar surface area (TPSA) is 61.7 Å². The average Bonchev–Trinajstić information content (AvgIpc) is 4.09. The van der Waals surface area contributed by atoms with Crippen LogP contribution in [0.3, 0.4) is 0 Å². The molecule has 0 atom stereocenters. The van der Waals surface area contributed by atoms with Crippen LogP contribution in [0.1, 0.15) is 0 Å². The average molecular weight is 906 g/mol. The van der Waals surface area contributed by atoms with Gasteiger partial charge in [-0.15, -0.1) is 0 Å². The van der Waals surface area contributed by atoms with Crippen molar-refractivity contribution in [3.63, 3.8) is 0 Å². The van der Waals surface area contributed by atoms with Gasteiger partial charge in [-0.05, 0) is 105 Å². The number of furan rings is 1. The van der Waals surface area contributed by atoms with Gasteiger partial charge in [0.2, 0.25) is 0 Å². The van der Waals surface area contributed by atoms with E-state index in [0.29, 0.717) is 17.5 Å². The minimum Gasteiger partial charge on any atom is -0.456 e. The first-order valence-electron chi connectivity index (χ1n) is 24.0. The molecule has 71 heavy (non-hydrogen) atoms. The fourth-order valence-corrected chi connectivity index (χ4v) is 11.1. The van der Waals surface area contributed by atoms with Crippen molar-refractivity contribution in [1.29, 1.82) is 0 Å². The third-order valence-corrected chi connectivity index (χ3v) is 14.3. The predicted molar refractivity (Wildman–Crippen MR) is 293 cm³/mol. The highest BCUT2D eigenvalue weighted by molar-refractivity contribution is 6.20. The second-order valence-corrected chi connectivity index (χ2v) is 18.4. The van der Waals surface area contributed by atoms with Crippen molar-refractivity contribution < 1.29 is 4.42 Å². The molecule has 11 aromatic carbocycles. The maximum absolute atomic E-state index is 6.88. The number of para-hydroxylation sites is 3. The van der Waals surface area contributed by atoms with Crippen molar-refractivity contribution in [3.05, 3.63) is 237 Å². The van der Waals surface area contributed by atoms with Crippen LogP contribution >= 0.6 is 0 Å². The zero-order chi connectivity index (χ0) is 46.6. The van der Waals surface area contributed by atoms with Gasteiger partial charge >= 0.3 is 0 Å². The molecule has 0 unspecified atom stereocenters. The van der Waals surface area contributed by atoms with Gasteiger partial charge in [-0.25, -0.2) is 15.0 Å². The Morgan fingerprint density at radius 2 is 0.845 bits per heavy atom. The summed E-state index contributed by atoms with van der Waals surface area (Å²) < 4.78 is 11.6. The highest BCUT2D eigenvalue weighted by Gasteiger charge is 2.24. The lowest BCUT2D eigenvalue weighted by molar-refractivity contribution is 0.669. The van der Waals surface area contributed by atoms with E-state index in [4.69, 9.17) is 19.4 Å². The quantitative estimate of drug-likeness (QED) is 0.167. The van der Waals surface area contributed by atoms with Crippen LogP contribution in [0.2, 0.25) is 0 Å². The van der Waals surface area contributed by atoms with Gasteiger partial charge in [0.1, 0.15) is 11.2 Å². The largest absolute Gasteiger partial charge is 0.456 e. The molecule has 330 valence electrons. The fourth-order valence-electron chi connectivity index (χ4n) is 11.1. The molecule has 0 spiro atoms. The summed E-state index contributed by atoms with van der Waals surface area (Å²) >= 11 is 0. The van der Waals surface area contributed by atoms with E-state index in [9.17, 15) is 0 Å². The molecule has 15 rings (SSSR count). The van der Waals surface area contributed by atoms with Crippen molar-refractivity contribution >= 4 is 87.1 Å². The summed E-state index contributed by atoms with van der Waals surface area (Å²) in [5, 5.41) is 11.4. The maximum atomic E-state index is 6.88. The van der Waals surface area contributed by atoms with Crippen molar-refractivity contribution in [2.75, 3.05) is 0 Å². The Hall–Kier alpha value is -9.65. The normalized spacial score (nSPS) is 11.9. The zero-order valence-electron chi connectivity index (χ0n) is 38.2. The van der Waals surface area contributed by atoms with Crippen LogP contribution in [-0.2, 0) is 0 Å². The molecule has 0 saturated carbocycles. The number of nitrogens with zero attached hydrogens (tertiary/aromatic N) is 5. The van der Waals surface area contributed by atoms with Crippen LogP contribution < -0.4 is 0 Å². The van der Waals surface area contributed by atoms with Gasteiger partial charge in [0.15, 0.2) is 17.5 Å². The van der Waals surface area contributed by atoms with Gasteiger partial charge in [0.25, 0.3) is 0 Å². The first-order valence-corrected chi connectivity index (χ1v) is 24.0. The third-order valence-electron chi connectivity index (χ3n) is 14.3. The molecule has 4 heterocycles. The van der Waals surface area contributed by atoms with Gasteiger partial charge in [0.05, 0.1) is 33.1 Å². The lowest BCUT2D eigenvalue weighted by Gasteiger charge is -2.14. The Balaban J connectivity index is 1.04. The molecule has 6 nitrogen and oxygen atoms in total. The number of hydrogen-bond acceptors (Lipinski definition) is 4. The van der Waals surface area contributed by atoms with Gasteiger partial charge in [-0.3, -0.25) is 0 Å². The summed E-state index contributed by atoms with van der Waals surface area (Å²) in [7, 11) is 0. The lowest BCUT2D eigenvalue weighted by Crippen LogP contribution is -2.02. The van der Waals surface area contributed by atoms with Crippen molar-refractivity contribution in [1.82, 2.24) is 24.1 Å². The molecule has 4 aromatic heterocycles. The van der Waals surface area contributed by atoms with E-state index in [-0.39, 0.29) is 0 Å². The van der Waals surface area contributed by atoms with Crippen LogP contribution in [0.5, 0.6) is 0 Å². The molecule has 0 bridgehead atoms. The first kappa shape index (κ1) is 39.4. The van der Waals surface area contributed by atoms with Gasteiger partial charge in [-0.2, -0.15) is 0 Å². The van der Waals surface area contributed by atoms with Crippen LogP contribution in [0, 0.1) is 0 Å². The fraction of sp³-hybridized carbons (Fsp3) is 0. The van der Waals surface area contributed by atoms with Crippen molar-refractivity contribution in [2.24, 2.45) is 0 Å². The molecular weight excluding hydrogens is 867 g/mol. The van der Waals surface area contributed by atoms with E-state index in [0.717, 1.165) is 94.0 Å². The van der Waals surface area contributed by atoms with Gasteiger partial charge in [-0.1, -0.05) is 164 Å². The zero-order valence-corrected chi connectivity index (χ0v) is 38.2. The minimum absolute atomic E-state index is 0.541. The summed E-state index contributed by atoms with van der Waals surface area (Å²) in [6.45, 7) is 0. The second kappa shape index (κ2) is 15.4. The minimum atomic E-state index is 0.541. The standard InChI is InChI=1S/C65H39N5O/c1-3-17-40(18-4-1)41-23-15-24-46(33-41)63-66-64(68-65(67-63)51-29-16-31-55-61(51)49-27-11-13-30-54(49)69(55)48-25-5-2-6-26-48)47-38-58(62-50-28-12-14-32-59(50)71-60(62)39-47)70-56-36-44-21-9-7-19-42(44)34-52(56)53-35-43-20-8-10-22-45(43)37-57(53)70/h1-39H. The second-order valence-electron chi connectivity index (χ2n) is 18.4. The molecule has 15 aromatic rings. The molecule has 6 heteroatoms. The van der Waals surface area contributed by atoms with Crippen LogP contribution in [-0.4, -0.2) is 24.1 Å². The highest BCUT2D eigenvalue weighted by atomic mass is 16.3. The number of fused-ring (bicyclic) bond motifs is 11. The van der Waals surface area contributed by atoms with E-state index in [2.05, 4.69) is 234 Å². The predicted octanol–water partition coefficient (Wildman–Crippen LogP) is 16.9. The molecule has 0 fully saturated rings. The van der Waals surface area contributed by atoms with Crippen LogP contribution in [0.4, 0.5) is 0 Å². The Kier molecular flexibility index (Phi) is 8.56. The maximum Gasteiger partial charge on any atom is 0.164 e. The number of rotatable bonds is 6. The first-order chi connectivity index (χ1) is 35.2. The molecule has 0 amide bonds. The van der Waals surface area contributed by atoms with Crippen LogP contribution in [0.15, 0.2) is 241 Å². The molecule has 0 N–H and O–H groups in total. The van der Waals surface area contributed by atoms with Gasteiger partial charge in [0, 0.05) is 49.3 Å². The summed E-state index contributed by atoms with van der Waals surface area (Å²) in [6.07, 6.45) is 0. The highest BCUT2D eigenvalue weighted by Crippen LogP contribution is 2.44. The molecule has 0 aliphatic carbocycles. The van der Waals surface area contributed by atoms with E-state index in [1.165, 1.54) is 32.3 Å². The molecule has 0 aliphatic heterocycles. The smallest absolute Gasteiger partial charge is 0.164 e.